The lowest BCUT2D eigenvalue weighted by molar-refractivity contribution is -0.113. The number of benzene rings is 1. The van der Waals surface area contributed by atoms with Crippen LogP contribution in [0.3, 0.4) is 0 Å². The molecule has 6 nitrogen and oxygen atoms in total. The van der Waals surface area contributed by atoms with Crippen LogP contribution in [0.1, 0.15) is 42.1 Å². The summed E-state index contributed by atoms with van der Waals surface area (Å²) in [5.74, 6) is 2.69. The van der Waals surface area contributed by atoms with E-state index < -0.39 is 0 Å². The van der Waals surface area contributed by atoms with E-state index in [4.69, 9.17) is 9.47 Å². The summed E-state index contributed by atoms with van der Waals surface area (Å²) in [5, 5.41) is 7.28. The highest BCUT2D eigenvalue weighted by Gasteiger charge is 2.28. The molecular weight excluding hydrogens is 350 g/mol. The van der Waals surface area contributed by atoms with Gasteiger partial charge in [0.15, 0.2) is 11.5 Å². The molecule has 2 heterocycles. The molecule has 2 aromatic rings. The summed E-state index contributed by atoms with van der Waals surface area (Å²) in [6, 6.07) is 6.08. The van der Waals surface area contributed by atoms with E-state index in [1.165, 1.54) is 12.8 Å². The number of hydrogen-bond acceptors (Lipinski definition) is 5. The number of nitrogens with one attached hydrogen (secondary N) is 1. The fourth-order valence-electron chi connectivity index (χ4n) is 3.62. The molecule has 4 rings (SSSR count). The number of fused-ring (bicyclic) bond motifs is 1. The zero-order chi connectivity index (χ0) is 18.1. The van der Waals surface area contributed by atoms with Gasteiger partial charge in [0.25, 0.3) is 0 Å². The van der Waals surface area contributed by atoms with Crippen LogP contribution in [0, 0.1) is 0 Å². The summed E-state index contributed by atoms with van der Waals surface area (Å²) in [6.45, 7) is 0. The summed E-state index contributed by atoms with van der Waals surface area (Å²) >= 11 is 1.60. The van der Waals surface area contributed by atoms with Crippen molar-refractivity contribution in [2.75, 3.05) is 18.2 Å². The van der Waals surface area contributed by atoms with Crippen molar-refractivity contribution in [1.82, 2.24) is 9.78 Å². The lowest BCUT2D eigenvalue weighted by Gasteiger charge is -2.19. The first-order chi connectivity index (χ1) is 12.7. The molecule has 0 radical (unpaired) electrons. The van der Waals surface area contributed by atoms with Crippen LogP contribution < -0.4 is 14.8 Å². The van der Waals surface area contributed by atoms with E-state index in [2.05, 4.69) is 16.5 Å². The molecule has 1 fully saturated rings. The molecule has 1 aliphatic heterocycles. The second-order valence-electron chi connectivity index (χ2n) is 6.75. The van der Waals surface area contributed by atoms with Crippen molar-refractivity contribution in [2.24, 2.45) is 7.05 Å². The minimum absolute atomic E-state index is 0.00416. The Kier molecular flexibility index (Phi) is 4.80. The average Bonchev–Trinajstić information content (AvgIpc) is 3.23. The molecule has 1 aliphatic carbocycles. The number of carbonyl (C=O) groups is 1. The monoisotopic (exact) mass is 373 g/mol. The van der Waals surface area contributed by atoms with Crippen molar-refractivity contribution in [1.29, 1.82) is 0 Å². The minimum atomic E-state index is -0.00416. The van der Waals surface area contributed by atoms with Gasteiger partial charge in [-0.2, -0.15) is 5.10 Å². The molecule has 26 heavy (non-hydrogen) atoms. The first-order valence-electron chi connectivity index (χ1n) is 8.93. The van der Waals surface area contributed by atoms with Crippen molar-refractivity contribution in [3.63, 3.8) is 0 Å². The quantitative estimate of drug-likeness (QED) is 0.888. The zero-order valence-electron chi connectivity index (χ0n) is 15.0. The van der Waals surface area contributed by atoms with Crippen LogP contribution in [0.2, 0.25) is 0 Å². The molecular formula is C19H23N3O3S. The van der Waals surface area contributed by atoms with Crippen molar-refractivity contribution < 1.29 is 14.3 Å². The molecule has 1 saturated carbocycles. The predicted molar refractivity (Wildman–Crippen MR) is 102 cm³/mol. The number of methoxy groups -OCH3 is 1. The maximum absolute atomic E-state index is 12.0. The largest absolute Gasteiger partial charge is 0.493 e. The average molecular weight is 373 g/mol. The number of hydrogen-bond donors (Lipinski definition) is 1. The molecule has 1 aromatic carbocycles. The van der Waals surface area contributed by atoms with Gasteiger partial charge in [-0.05, 0) is 43.4 Å². The van der Waals surface area contributed by atoms with Gasteiger partial charge in [0.2, 0.25) is 5.91 Å². The molecule has 0 bridgehead atoms. The van der Waals surface area contributed by atoms with Crippen molar-refractivity contribution in [3.8, 4) is 11.5 Å². The Morgan fingerprint density at radius 1 is 1.27 bits per heavy atom. The number of aromatic nitrogens is 2. The van der Waals surface area contributed by atoms with E-state index in [9.17, 15) is 4.79 Å². The molecule has 138 valence electrons. The fourth-order valence-corrected chi connectivity index (χ4v) is 4.70. The summed E-state index contributed by atoms with van der Waals surface area (Å²) in [7, 11) is 3.51. The van der Waals surface area contributed by atoms with Crippen LogP contribution in [0.25, 0.3) is 0 Å². The number of carbonyl (C=O) groups excluding carboxylic acids is 1. The van der Waals surface area contributed by atoms with Gasteiger partial charge in [0, 0.05) is 12.6 Å². The number of aryl methyl sites for hydroxylation is 1. The molecule has 1 atom stereocenters. The van der Waals surface area contributed by atoms with E-state index in [1.54, 1.807) is 23.6 Å². The van der Waals surface area contributed by atoms with Gasteiger partial charge < -0.3 is 14.8 Å². The molecule has 1 amide bonds. The Hall–Kier alpha value is -2.15. The Bertz CT molecular complexity index is 814. The van der Waals surface area contributed by atoms with E-state index in [0.29, 0.717) is 5.75 Å². The standard InChI is InChI=1S/C19H23N3O3S/c1-22-19-14(10-20-22)18(26-11-17(23)21-19)12-7-8-15(16(9-12)24-2)25-13-5-3-4-6-13/h7-10,13,18H,3-6,11H2,1-2H3,(H,21,23). The normalized spacial score (nSPS) is 20.4. The molecule has 2 aliphatic rings. The molecule has 1 N–H and O–H groups in total. The van der Waals surface area contributed by atoms with Crippen LogP contribution in [0.4, 0.5) is 5.82 Å². The SMILES string of the molecule is COc1cc(C2SCC(=O)Nc3c2cnn3C)ccc1OC1CCCC1. The summed E-state index contributed by atoms with van der Waals surface area (Å²) in [5.41, 5.74) is 2.09. The Morgan fingerprint density at radius 2 is 2.08 bits per heavy atom. The highest BCUT2D eigenvalue weighted by atomic mass is 32.2. The summed E-state index contributed by atoms with van der Waals surface area (Å²) < 4.78 is 13.4. The van der Waals surface area contributed by atoms with E-state index in [0.717, 1.165) is 41.3 Å². The zero-order valence-corrected chi connectivity index (χ0v) is 15.8. The Morgan fingerprint density at radius 3 is 2.85 bits per heavy atom. The third kappa shape index (κ3) is 3.28. The van der Waals surface area contributed by atoms with E-state index in [-0.39, 0.29) is 17.3 Å². The second kappa shape index (κ2) is 7.23. The van der Waals surface area contributed by atoms with E-state index >= 15 is 0 Å². The van der Waals surface area contributed by atoms with Crippen LogP contribution in [0.15, 0.2) is 24.4 Å². The molecule has 1 unspecified atom stereocenters. The topological polar surface area (TPSA) is 65.4 Å². The lowest BCUT2D eigenvalue weighted by atomic mass is 10.1. The molecule has 0 spiro atoms. The van der Waals surface area contributed by atoms with Gasteiger partial charge >= 0.3 is 0 Å². The number of anilines is 1. The first-order valence-corrected chi connectivity index (χ1v) is 9.98. The summed E-state index contributed by atoms with van der Waals surface area (Å²) in [4.78, 5) is 12.0. The summed E-state index contributed by atoms with van der Waals surface area (Å²) in [6.07, 6.45) is 6.79. The van der Waals surface area contributed by atoms with Crippen molar-refractivity contribution >= 4 is 23.5 Å². The Labute approximate surface area is 157 Å². The highest BCUT2D eigenvalue weighted by molar-refractivity contribution is 8.00. The number of ether oxygens (including phenoxy) is 2. The van der Waals surface area contributed by atoms with Crippen LogP contribution in [0.5, 0.6) is 11.5 Å². The van der Waals surface area contributed by atoms with Gasteiger partial charge in [-0.1, -0.05) is 6.07 Å². The maximum Gasteiger partial charge on any atom is 0.235 e. The van der Waals surface area contributed by atoms with E-state index in [1.807, 2.05) is 25.4 Å². The van der Waals surface area contributed by atoms with Crippen molar-refractivity contribution in [2.45, 2.75) is 37.0 Å². The van der Waals surface area contributed by atoms with Crippen molar-refractivity contribution in [3.05, 3.63) is 35.5 Å². The highest BCUT2D eigenvalue weighted by Crippen LogP contribution is 2.43. The van der Waals surface area contributed by atoms with Gasteiger partial charge in [-0.25, -0.2) is 0 Å². The molecule has 1 aromatic heterocycles. The van der Waals surface area contributed by atoms with Gasteiger partial charge in [0.05, 0.1) is 30.4 Å². The second-order valence-corrected chi connectivity index (χ2v) is 7.84. The number of amides is 1. The van der Waals surface area contributed by atoms with Gasteiger partial charge in [0.1, 0.15) is 5.82 Å². The predicted octanol–water partition coefficient (Wildman–Crippen LogP) is 3.52. The lowest BCUT2D eigenvalue weighted by Crippen LogP contribution is -2.15. The Balaban J connectivity index is 1.65. The number of thioether (sulfide) groups is 1. The smallest absolute Gasteiger partial charge is 0.235 e. The molecule has 7 heteroatoms. The van der Waals surface area contributed by atoms with Crippen LogP contribution >= 0.6 is 11.8 Å². The number of rotatable bonds is 4. The number of nitrogens with zero attached hydrogens (tertiary/aromatic N) is 2. The third-order valence-corrected chi connectivity index (χ3v) is 6.26. The van der Waals surface area contributed by atoms with Crippen LogP contribution in [-0.2, 0) is 11.8 Å². The maximum atomic E-state index is 12.0. The first kappa shape index (κ1) is 17.3. The third-order valence-electron chi connectivity index (χ3n) is 4.97. The van der Waals surface area contributed by atoms with Crippen LogP contribution in [-0.4, -0.2) is 34.7 Å². The van der Waals surface area contributed by atoms with Gasteiger partial charge in [-0.15, -0.1) is 11.8 Å². The molecule has 0 saturated heterocycles. The van der Waals surface area contributed by atoms with Gasteiger partial charge in [-0.3, -0.25) is 9.48 Å². The minimum Gasteiger partial charge on any atom is -0.493 e. The fraction of sp³-hybridized carbons (Fsp3) is 0.474.